The molecule has 0 aromatic heterocycles. The summed E-state index contributed by atoms with van der Waals surface area (Å²) in [6, 6.07) is 10.3. The molecule has 2 aromatic carbocycles. The Kier molecular flexibility index (Phi) is 4.40. The fourth-order valence-electron chi connectivity index (χ4n) is 3.58. The van der Waals surface area contributed by atoms with E-state index in [2.05, 4.69) is 51.7 Å². The first-order chi connectivity index (χ1) is 12.1. The Morgan fingerprint density at radius 1 is 0.923 bits per heavy atom. The van der Waals surface area contributed by atoms with Crippen LogP contribution >= 0.6 is 0 Å². The molecule has 1 aliphatic carbocycles. The van der Waals surface area contributed by atoms with Gasteiger partial charge >= 0.3 is 5.97 Å². The highest BCUT2D eigenvalue weighted by Gasteiger charge is 2.36. The molecule has 2 aromatic rings. The Morgan fingerprint density at radius 3 is 2.04 bits per heavy atom. The number of halogens is 1. The van der Waals surface area contributed by atoms with Gasteiger partial charge < -0.3 is 5.11 Å². The first-order valence-corrected chi connectivity index (χ1v) is 8.80. The van der Waals surface area contributed by atoms with E-state index in [-0.39, 0.29) is 16.4 Å². The van der Waals surface area contributed by atoms with Gasteiger partial charge in [0.2, 0.25) is 0 Å². The third-order valence-corrected chi connectivity index (χ3v) is 5.40. The van der Waals surface area contributed by atoms with Gasteiger partial charge in [0.1, 0.15) is 5.82 Å². The smallest absolute Gasteiger partial charge is 0.338 e. The second-order valence-electron chi connectivity index (χ2n) is 8.28. The molecular formula is C23H23FO2. The van der Waals surface area contributed by atoms with E-state index in [1.165, 1.54) is 29.3 Å². The van der Waals surface area contributed by atoms with Gasteiger partial charge in [-0.3, -0.25) is 0 Å². The lowest BCUT2D eigenvalue weighted by Gasteiger charge is -2.41. The van der Waals surface area contributed by atoms with Gasteiger partial charge in [0, 0.05) is 11.1 Å². The molecule has 0 fully saturated rings. The molecule has 0 bridgehead atoms. The van der Waals surface area contributed by atoms with Gasteiger partial charge in [0.25, 0.3) is 0 Å². The molecule has 0 heterocycles. The first kappa shape index (κ1) is 18.2. The van der Waals surface area contributed by atoms with Crippen molar-refractivity contribution in [1.82, 2.24) is 0 Å². The zero-order chi connectivity index (χ0) is 19.1. The molecule has 0 spiro atoms. The average molecular weight is 350 g/mol. The minimum absolute atomic E-state index is 0.109. The van der Waals surface area contributed by atoms with Crippen LogP contribution in [0.2, 0.25) is 0 Å². The fourth-order valence-corrected chi connectivity index (χ4v) is 3.58. The zero-order valence-corrected chi connectivity index (χ0v) is 15.6. The molecular weight excluding hydrogens is 327 g/mol. The van der Waals surface area contributed by atoms with E-state index in [4.69, 9.17) is 5.11 Å². The number of benzene rings is 2. The van der Waals surface area contributed by atoms with Crippen molar-refractivity contribution in [2.75, 3.05) is 0 Å². The standard InChI is InChI=1S/C23H23FO2/c1-22(2)11-12-23(3,4)19-13-15(8-10-18(19)22)5-6-16-7-9-17(21(25)26)20(24)14-16/h7-10,13-14H,11-12H2,1-4H3,(H,25,26). The Morgan fingerprint density at radius 2 is 1.46 bits per heavy atom. The predicted molar refractivity (Wildman–Crippen MR) is 101 cm³/mol. The summed E-state index contributed by atoms with van der Waals surface area (Å²) in [7, 11) is 0. The van der Waals surface area contributed by atoms with Crippen LogP contribution in [-0.2, 0) is 10.8 Å². The molecule has 26 heavy (non-hydrogen) atoms. The quantitative estimate of drug-likeness (QED) is 0.711. The minimum Gasteiger partial charge on any atom is -0.478 e. The van der Waals surface area contributed by atoms with Crippen molar-refractivity contribution in [3.63, 3.8) is 0 Å². The number of fused-ring (bicyclic) bond motifs is 1. The number of aromatic carboxylic acids is 1. The second-order valence-corrected chi connectivity index (χ2v) is 8.28. The largest absolute Gasteiger partial charge is 0.478 e. The maximum atomic E-state index is 13.8. The van der Waals surface area contributed by atoms with Gasteiger partial charge in [-0.1, -0.05) is 45.6 Å². The summed E-state index contributed by atoms with van der Waals surface area (Å²) < 4.78 is 13.8. The van der Waals surface area contributed by atoms with Crippen LogP contribution in [0.4, 0.5) is 4.39 Å². The summed E-state index contributed by atoms with van der Waals surface area (Å²) in [5.74, 6) is 3.99. The minimum atomic E-state index is -1.28. The van der Waals surface area contributed by atoms with E-state index in [1.54, 1.807) is 0 Å². The summed E-state index contributed by atoms with van der Waals surface area (Å²) >= 11 is 0. The maximum Gasteiger partial charge on any atom is 0.338 e. The van der Waals surface area contributed by atoms with Gasteiger partial charge in [-0.25, -0.2) is 9.18 Å². The fraction of sp³-hybridized carbons (Fsp3) is 0.348. The molecule has 1 aliphatic rings. The number of carbonyl (C=O) groups is 1. The summed E-state index contributed by atoms with van der Waals surface area (Å²) in [6.07, 6.45) is 2.29. The predicted octanol–water partition coefficient (Wildman–Crippen LogP) is 5.27. The van der Waals surface area contributed by atoms with Crippen LogP contribution in [0.5, 0.6) is 0 Å². The van der Waals surface area contributed by atoms with E-state index in [1.807, 2.05) is 6.07 Å². The van der Waals surface area contributed by atoms with Gasteiger partial charge in [0.15, 0.2) is 0 Å². The molecule has 0 saturated heterocycles. The molecule has 3 rings (SSSR count). The van der Waals surface area contributed by atoms with Crippen molar-refractivity contribution in [3.05, 3.63) is 70.0 Å². The first-order valence-electron chi connectivity index (χ1n) is 8.80. The van der Waals surface area contributed by atoms with Crippen LogP contribution in [0.3, 0.4) is 0 Å². The van der Waals surface area contributed by atoms with Gasteiger partial charge in [-0.2, -0.15) is 0 Å². The Balaban J connectivity index is 1.97. The molecule has 0 aliphatic heterocycles. The van der Waals surface area contributed by atoms with Crippen LogP contribution < -0.4 is 0 Å². The lowest BCUT2D eigenvalue weighted by atomic mass is 9.63. The summed E-state index contributed by atoms with van der Waals surface area (Å²) in [4.78, 5) is 10.9. The molecule has 2 nitrogen and oxygen atoms in total. The Labute approximate surface area is 154 Å². The van der Waals surface area contributed by atoms with Crippen LogP contribution in [0.25, 0.3) is 0 Å². The zero-order valence-electron chi connectivity index (χ0n) is 15.6. The van der Waals surface area contributed by atoms with Gasteiger partial charge in [0.05, 0.1) is 5.56 Å². The third kappa shape index (κ3) is 3.37. The van der Waals surface area contributed by atoms with E-state index in [0.717, 1.165) is 18.4 Å². The van der Waals surface area contributed by atoms with Crippen molar-refractivity contribution in [3.8, 4) is 11.8 Å². The van der Waals surface area contributed by atoms with Crippen LogP contribution in [0.15, 0.2) is 36.4 Å². The normalized spacial score (nSPS) is 17.0. The Hall–Kier alpha value is -2.60. The molecule has 1 N–H and O–H groups in total. The Bertz CT molecular complexity index is 942. The highest BCUT2D eigenvalue weighted by Crippen LogP contribution is 2.45. The van der Waals surface area contributed by atoms with E-state index in [0.29, 0.717) is 5.56 Å². The molecule has 0 saturated carbocycles. The highest BCUT2D eigenvalue weighted by atomic mass is 19.1. The molecule has 0 atom stereocenters. The molecule has 0 amide bonds. The number of hydrogen-bond acceptors (Lipinski definition) is 1. The molecule has 134 valence electrons. The SMILES string of the molecule is CC1(C)CCC(C)(C)c2cc(C#Cc3ccc(C(=O)O)c(F)c3)ccc21. The van der Waals surface area contributed by atoms with Crippen LogP contribution in [-0.4, -0.2) is 11.1 Å². The molecule has 0 unspecified atom stereocenters. The molecule has 0 radical (unpaired) electrons. The third-order valence-electron chi connectivity index (χ3n) is 5.40. The van der Waals surface area contributed by atoms with E-state index >= 15 is 0 Å². The molecule has 3 heteroatoms. The van der Waals surface area contributed by atoms with Crippen molar-refractivity contribution in [1.29, 1.82) is 0 Å². The summed E-state index contributed by atoms with van der Waals surface area (Å²) in [6.45, 7) is 9.08. The van der Waals surface area contributed by atoms with Crippen molar-refractivity contribution < 1.29 is 14.3 Å². The average Bonchev–Trinajstić information content (AvgIpc) is 2.57. The number of carboxylic acids is 1. The van der Waals surface area contributed by atoms with E-state index in [9.17, 15) is 9.18 Å². The summed E-state index contributed by atoms with van der Waals surface area (Å²) in [5, 5.41) is 8.89. The number of rotatable bonds is 1. The number of hydrogen-bond donors (Lipinski definition) is 1. The summed E-state index contributed by atoms with van der Waals surface area (Å²) in [5.41, 5.74) is 3.98. The van der Waals surface area contributed by atoms with Crippen LogP contribution in [0.1, 0.15) is 73.1 Å². The lowest BCUT2D eigenvalue weighted by molar-refractivity contribution is 0.0692. The monoisotopic (exact) mass is 350 g/mol. The van der Waals surface area contributed by atoms with Crippen molar-refractivity contribution >= 4 is 5.97 Å². The van der Waals surface area contributed by atoms with Gasteiger partial charge in [-0.15, -0.1) is 0 Å². The van der Waals surface area contributed by atoms with Crippen molar-refractivity contribution in [2.45, 2.75) is 51.4 Å². The highest BCUT2D eigenvalue weighted by molar-refractivity contribution is 5.88. The second kappa shape index (κ2) is 6.29. The number of carboxylic acid groups (broad SMARTS) is 1. The maximum absolute atomic E-state index is 13.8. The topological polar surface area (TPSA) is 37.3 Å². The van der Waals surface area contributed by atoms with Crippen LogP contribution in [0, 0.1) is 17.7 Å². The van der Waals surface area contributed by atoms with Crippen molar-refractivity contribution in [2.24, 2.45) is 0 Å². The van der Waals surface area contributed by atoms with E-state index < -0.39 is 11.8 Å². The van der Waals surface area contributed by atoms with Gasteiger partial charge in [-0.05, 0) is 65.1 Å². The lowest BCUT2D eigenvalue weighted by Crippen LogP contribution is -2.33.